The SMILES string of the molecule is C.CC.CC1CCC(C(C)C)C1. The second-order valence-corrected chi connectivity index (χ2v) is 3.92. The molecule has 0 nitrogen and oxygen atoms in total. The number of hydrogen-bond donors (Lipinski definition) is 0. The summed E-state index contributed by atoms with van der Waals surface area (Å²) in [5.41, 5.74) is 0. The van der Waals surface area contributed by atoms with Crippen LogP contribution in [0.1, 0.15) is 61.3 Å². The Bertz CT molecular complexity index is 84.0. The molecule has 0 heteroatoms. The van der Waals surface area contributed by atoms with E-state index in [1.807, 2.05) is 13.8 Å². The van der Waals surface area contributed by atoms with Crippen LogP contribution >= 0.6 is 0 Å². The van der Waals surface area contributed by atoms with E-state index in [-0.39, 0.29) is 7.43 Å². The van der Waals surface area contributed by atoms with Crippen molar-refractivity contribution >= 4 is 0 Å². The monoisotopic (exact) mass is 172 g/mol. The molecule has 0 N–H and O–H groups in total. The highest BCUT2D eigenvalue weighted by Gasteiger charge is 2.23. The van der Waals surface area contributed by atoms with Gasteiger partial charge in [-0.2, -0.15) is 0 Å². The van der Waals surface area contributed by atoms with Crippen LogP contribution in [0.25, 0.3) is 0 Å². The largest absolute Gasteiger partial charge is 0.0776 e. The summed E-state index contributed by atoms with van der Waals surface area (Å²) in [4.78, 5) is 0. The highest BCUT2D eigenvalue weighted by atomic mass is 14.3. The van der Waals surface area contributed by atoms with Gasteiger partial charge in [-0.05, 0) is 30.6 Å². The molecule has 2 atom stereocenters. The van der Waals surface area contributed by atoms with Gasteiger partial charge in [-0.3, -0.25) is 0 Å². The maximum absolute atomic E-state index is 2.38. The first kappa shape index (κ1) is 14.5. The molecule has 0 bridgehead atoms. The van der Waals surface area contributed by atoms with Crippen molar-refractivity contribution in [2.75, 3.05) is 0 Å². The molecule has 0 spiro atoms. The van der Waals surface area contributed by atoms with Crippen molar-refractivity contribution < 1.29 is 0 Å². The minimum Gasteiger partial charge on any atom is -0.0776 e. The predicted octanol–water partition coefficient (Wildman–Crippen LogP) is 4.74. The van der Waals surface area contributed by atoms with Crippen molar-refractivity contribution in [1.82, 2.24) is 0 Å². The molecule has 0 radical (unpaired) electrons. The zero-order chi connectivity index (χ0) is 8.85. The van der Waals surface area contributed by atoms with Gasteiger partial charge >= 0.3 is 0 Å². The van der Waals surface area contributed by atoms with Gasteiger partial charge in [0, 0.05) is 0 Å². The smallest absolute Gasteiger partial charge is 0.0388 e. The Balaban J connectivity index is 0. The number of hydrogen-bond acceptors (Lipinski definition) is 0. The third kappa shape index (κ3) is 4.79. The average Bonchev–Trinajstić information content (AvgIpc) is 2.40. The van der Waals surface area contributed by atoms with Crippen LogP contribution in [0.3, 0.4) is 0 Å². The first-order valence-electron chi connectivity index (χ1n) is 5.20. The van der Waals surface area contributed by atoms with E-state index in [1.165, 1.54) is 19.3 Å². The fourth-order valence-corrected chi connectivity index (χ4v) is 1.86. The molecule has 1 aliphatic carbocycles. The molecule has 0 aromatic heterocycles. The van der Waals surface area contributed by atoms with Gasteiger partial charge in [-0.15, -0.1) is 0 Å². The van der Waals surface area contributed by atoms with Gasteiger partial charge < -0.3 is 0 Å². The van der Waals surface area contributed by atoms with Crippen molar-refractivity contribution in [3.63, 3.8) is 0 Å². The molecule has 76 valence electrons. The van der Waals surface area contributed by atoms with E-state index in [1.54, 1.807) is 0 Å². The number of rotatable bonds is 1. The van der Waals surface area contributed by atoms with Crippen LogP contribution in [-0.2, 0) is 0 Å². The quantitative estimate of drug-likeness (QED) is 0.536. The van der Waals surface area contributed by atoms with Crippen molar-refractivity contribution in [3.8, 4) is 0 Å². The van der Waals surface area contributed by atoms with Crippen LogP contribution in [0.15, 0.2) is 0 Å². The zero-order valence-electron chi connectivity index (χ0n) is 8.85. The van der Waals surface area contributed by atoms with Gasteiger partial charge in [0.1, 0.15) is 0 Å². The fourth-order valence-electron chi connectivity index (χ4n) is 1.86. The molecule has 0 aromatic carbocycles. The summed E-state index contributed by atoms with van der Waals surface area (Å²) in [6.45, 7) is 11.1. The molecule has 0 saturated heterocycles. The summed E-state index contributed by atoms with van der Waals surface area (Å²) in [7, 11) is 0. The van der Waals surface area contributed by atoms with Gasteiger partial charge in [-0.1, -0.05) is 48.5 Å². The van der Waals surface area contributed by atoms with E-state index in [0.717, 1.165) is 17.8 Å². The highest BCUT2D eigenvalue weighted by molar-refractivity contribution is 4.74. The predicted molar refractivity (Wildman–Crippen MR) is 59.4 cm³/mol. The van der Waals surface area contributed by atoms with Crippen LogP contribution in [0.4, 0.5) is 0 Å². The molecule has 0 amide bonds. The molecule has 0 aliphatic heterocycles. The van der Waals surface area contributed by atoms with E-state index in [4.69, 9.17) is 0 Å². The third-order valence-electron chi connectivity index (χ3n) is 2.68. The standard InChI is InChI=1S/C9H18.C2H6.CH4/c1-7(2)9-5-4-8(3)6-9;1-2;/h7-9H,4-6H2,1-3H3;1-2H3;1H4. The molecule has 0 aromatic rings. The molecule has 12 heavy (non-hydrogen) atoms. The second-order valence-electron chi connectivity index (χ2n) is 3.92. The van der Waals surface area contributed by atoms with Crippen LogP contribution in [0.5, 0.6) is 0 Å². The van der Waals surface area contributed by atoms with Gasteiger partial charge in [0.15, 0.2) is 0 Å². The normalized spacial score (nSPS) is 27.5. The lowest BCUT2D eigenvalue weighted by molar-refractivity contribution is 0.384. The molecule has 1 aliphatic rings. The van der Waals surface area contributed by atoms with Gasteiger partial charge in [-0.25, -0.2) is 0 Å². The van der Waals surface area contributed by atoms with Gasteiger partial charge in [0.2, 0.25) is 0 Å². The van der Waals surface area contributed by atoms with Crippen molar-refractivity contribution in [1.29, 1.82) is 0 Å². The van der Waals surface area contributed by atoms with E-state index in [0.29, 0.717) is 0 Å². The molecule has 1 saturated carbocycles. The van der Waals surface area contributed by atoms with Gasteiger partial charge in [0.25, 0.3) is 0 Å². The molecule has 1 rings (SSSR count). The summed E-state index contributed by atoms with van der Waals surface area (Å²) < 4.78 is 0. The first-order valence-corrected chi connectivity index (χ1v) is 5.20. The summed E-state index contributed by atoms with van der Waals surface area (Å²) in [5, 5.41) is 0. The summed E-state index contributed by atoms with van der Waals surface area (Å²) >= 11 is 0. The Morgan fingerprint density at radius 2 is 1.58 bits per heavy atom. The Labute approximate surface area is 79.8 Å². The Hall–Kier alpha value is 0. The van der Waals surface area contributed by atoms with E-state index in [9.17, 15) is 0 Å². The van der Waals surface area contributed by atoms with E-state index < -0.39 is 0 Å². The minimum atomic E-state index is 0. The molecule has 0 heterocycles. The second kappa shape index (κ2) is 7.64. The van der Waals surface area contributed by atoms with Crippen molar-refractivity contribution in [2.24, 2.45) is 17.8 Å². The minimum absolute atomic E-state index is 0. The molecule has 2 unspecified atom stereocenters. The molecular weight excluding hydrogens is 144 g/mol. The zero-order valence-corrected chi connectivity index (χ0v) is 8.85. The van der Waals surface area contributed by atoms with Crippen molar-refractivity contribution in [2.45, 2.75) is 61.3 Å². The highest BCUT2D eigenvalue weighted by Crippen LogP contribution is 2.34. The summed E-state index contributed by atoms with van der Waals surface area (Å²) in [6, 6.07) is 0. The molecule has 1 fully saturated rings. The molecular formula is C12H28. The van der Waals surface area contributed by atoms with Crippen LogP contribution in [0.2, 0.25) is 0 Å². The van der Waals surface area contributed by atoms with Crippen LogP contribution in [0, 0.1) is 17.8 Å². The third-order valence-corrected chi connectivity index (χ3v) is 2.68. The van der Waals surface area contributed by atoms with Crippen LogP contribution in [-0.4, -0.2) is 0 Å². The fraction of sp³-hybridized carbons (Fsp3) is 1.00. The Morgan fingerprint density at radius 3 is 1.75 bits per heavy atom. The van der Waals surface area contributed by atoms with E-state index >= 15 is 0 Å². The topological polar surface area (TPSA) is 0 Å². The Morgan fingerprint density at radius 1 is 1.08 bits per heavy atom. The van der Waals surface area contributed by atoms with Crippen molar-refractivity contribution in [3.05, 3.63) is 0 Å². The lowest BCUT2D eigenvalue weighted by Crippen LogP contribution is -2.02. The summed E-state index contributed by atoms with van der Waals surface area (Å²) in [6.07, 6.45) is 4.44. The lowest BCUT2D eigenvalue weighted by atomic mass is 9.94. The van der Waals surface area contributed by atoms with E-state index in [2.05, 4.69) is 20.8 Å². The first-order chi connectivity index (χ1) is 5.20. The lowest BCUT2D eigenvalue weighted by Gasteiger charge is -2.12. The Kier molecular flexibility index (Phi) is 9.24. The van der Waals surface area contributed by atoms with Crippen LogP contribution < -0.4 is 0 Å². The summed E-state index contributed by atoms with van der Waals surface area (Å²) in [5.74, 6) is 2.98. The average molecular weight is 172 g/mol. The van der Waals surface area contributed by atoms with Gasteiger partial charge in [0.05, 0.1) is 0 Å². The maximum atomic E-state index is 2.38. The maximum Gasteiger partial charge on any atom is -0.0388 e.